The Labute approximate surface area is 286 Å². The number of fused-ring (bicyclic) bond motifs is 2. The molecule has 0 spiro atoms. The highest BCUT2D eigenvalue weighted by molar-refractivity contribution is 6.32. The quantitative estimate of drug-likeness (QED) is 0.109. The molecule has 2 aromatic carbocycles. The minimum atomic E-state index is -1.06. The van der Waals surface area contributed by atoms with Gasteiger partial charge in [-0.25, -0.2) is 0 Å². The molecule has 4 aromatic rings. The first kappa shape index (κ1) is 33.7. The van der Waals surface area contributed by atoms with Gasteiger partial charge >= 0.3 is 0 Å². The molecule has 2 aliphatic heterocycles. The third kappa shape index (κ3) is 6.21. The molecule has 1 fully saturated rings. The standard InChI is InChI=1S/C35H34N8O7/c1-41(17-27-29(49-3)11-19(12-30(27)50-4)26-18-42(2)33(46)25-15-37-10-9-22(25)26)16-21(40-36)14-38-20-5-6-23-24(13-20)35(48)43(34(23)47)28-7-8-31(44)39-32(28)45/h5-6,9-15,18,28H,7-8,16-17,36H2,1-4H3,(H,39,44,45). The van der Waals surface area contributed by atoms with Crippen LogP contribution in [-0.4, -0.2) is 88.8 Å². The first-order valence-corrected chi connectivity index (χ1v) is 15.6. The van der Waals surface area contributed by atoms with Crippen molar-refractivity contribution in [3.63, 3.8) is 0 Å². The molecule has 1 atom stereocenters. The number of ether oxygens (including phenoxy) is 2. The highest BCUT2D eigenvalue weighted by Gasteiger charge is 2.44. The number of methoxy groups -OCH3 is 2. The minimum Gasteiger partial charge on any atom is -0.496 e. The van der Waals surface area contributed by atoms with E-state index >= 15 is 0 Å². The number of nitrogens with two attached hydrogens (primary N) is 1. The number of carbonyl (C=O) groups is 4. The fourth-order valence-corrected chi connectivity index (χ4v) is 6.24. The summed E-state index contributed by atoms with van der Waals surface area (Å²) in [4.78, 5) is 74.3. The number of pyridine rings is 2. The smallest absolute Gasteiger partial charge is 0.262 e. The molecule has 0 radical (unpaired) electrons. The molecule has 3 N–H and O–H groups in total. The molecule has 4 heterocycles. The van der Waals surface area contributed by atoms with Crippen LogP contribution in [0.4, 0.5) is 5.69 Å². The van der Waals surface area contributed by atoms with Crippen LogP contribution >= 0.6 is 0 Å². The summed E-state index contributed by atoms with van der Waals surface area (Å²) in [6.07, 6.45) is 6.54. The number of aryl methyl sites for hydroxylation is 1. The zero-order valence-electron chi connectivity index (χ0n) is 27.8. The molecular weight excluding hydrogens is 644 g/mol. The van der Waals surface area contributed by atoms with Gasteiger partial charge < -0.3 is 19.9 Å². The SMILES string of the molecule is COc1cc(-c2cn(C)c(=O)c3cnccc23)cc(OC)c1CN(C)CC(C=Nc1ccc2c(c1)C(=O)N(C1CCC(=O)NC1=O)C2=O)=NN. The first-order chi connectivity index (χ1) is 24.0. The highest BCUT2D eigenvalue weighted by Crippen LogP contribution is 2.38. The monoisotopic (exact) mass is 678 g/mol. The fraction of sp³-hybridized carbons (Fsp3) is 0.257. The molecule has 1 saturated heterocycles. The van der Waals surface area contributed by atoms with Crippen molar-refractivity contribution in [1.82, 2.24) is 24.7 Å². The van der Waals surface area contributed by atoms with Gasteiger partial charge in [0.15, 0.2) is 0 Å². The van der Waals surface area contributed by atoms with Crippen LogP contribution in [0.3, 0.4) is 0 Å². The van der Waals surface area contributed by atoms with Crippen LogP contribution in [0.2, 0.25) is 0 Å². The topological polar surface area (TPSA) is 191 Å². The van der Waals surface area contributed by atoms with E-state index < -0.39 is 29.7 Å². The van der Waals surface area contributed by atoms with Gasteiger partial charge in [0, 0.05) is 50.7 Å². The number of aromatic nitrogens is 2. The maximum absolute atomic E-state index is 13.2. The molecule has 256 valence electrons. The van der Waals surface area contributed by atoms with Crippen molar-refractivity contribution < 1.29 is 28.7 Å². The molecule has 6 rings (SSSR count). The average Bonchev–Trinajstić information content (AvgIpc) is 3.36. The van der Waals surface area contributed by atoms with Gasteiger partial charge in [-0.2, -0.15) is 5.10 Å². The second-order valence-electron chi connectivity index (χ2n) is 12.0. The third-order valence-corrected chi connectivity index (χ3v) is 8.72. The molecule has 1 unspecified atom stereocenters. The number of benzene rings is 2. The van der Waals surface area contributed by atoms with Crippen LogP contribution in [-0.2, 0) is 23.2 Å². The number of piperidine rings is 1. The lowest BCUT2D eigenvalue weighted by atomic mass is 9.99. The lowest BCUT2D eigenvalue weighted by Crippen LogP contribution is -2.54. The Morgan fingerprint density at radius 1 is 1.02 bits per heavy atom. The number of nitrogens with one attached hydrogen (secondary N) is 1. The first-order valence-electron chi connectivity index (χ1n) is 15.6. The molecule has 2 aliphatic rings. The number of aliphatic imine (C=N–C) groups is 1. The minimum absolute atomic E-state index is 0.0340. The number of imide groups is 2. The molecule has 0 saturated carbocycles. The van der Waals surface area contributed by atoms with Crippen molar-refractivity contribution in [3.05, 3.63) is 82.0 Å². The Morgan fingerprint density at radius 2 is 1.74 bits per heavy atom. The van der Waals surface area contributed by atoms with Crippen molar-refractivity contribution in [2.45, 2.75) is 25.4 Å². The number of nitrogens with zero attached hydrogens (tertiary/aromatic N) is 6. The van der Waals surface area contributed by atoms with E-state index in [1.807, 2.05) is 24.1 Å². The van der Waals surface area contributed by atoms with Crippen LogP contribution in [0.5, 0.6) is 11.5 Å². The summed E-state index contributed by atoms with van der Waals surface area (Å²) in [5.74, 6) is 4.53. The highest BCUT2D eigenvalue weighted by atomic mass is 16.5. The lowest BCUT2D eigenvalue weighted by Gasteiger charge is -2.27. The molecule has 2 aromatic heterocycles. The summed E-state index contributed by atoms with van der Waals surface area (Å²) in [7, 11) is 6.70. The maximum atomic E-state index is 13.2. The summed E-state index contributed by atoms with van der Waals surface area (Å²) >= 11 is 0. The number of amides is 4. The zero-order valence-corrected chi connectivity index (χ0v) is 27.8. The normalized spacial score (nSPS) is 16.5. The van der Waals surface area contributed by atoms with Gasteiger partial charge in [-0.15, -0.1) is 0 Å². The van der Waals surface area contributed by atoms with Gasteiger partial charge in [0.05, 0.1) is 53.9 Å². The van der Waals surface area contributed by atoms with Crippen molar-refractivity contribution in [3.8, 4) is 22.6 Å². The number of hydrogen-bond acceptors (Lipinski definition) is 12. The van der Waals surface area contributed by atoms with E-state index in [1.165, 1.54) is 22.9 Å². The molecule has 0 aliphatic carbocycles. The van der Waals surface area contributed by atoms with Gasteiger partial charge in [0.25, 0.3) is 17.4 Å². The van der Waals surface area contributed by atoms with E-state index in [4.69, 9.17) is 15.3 Å². The van der Waals surface area contributed by atoms with E-state index in [-0.39, 0.29) is 36.1 Å². The fourth-order valence-electron chi connectivity index (χ4n) is 6.24. The van der Waals surface area contributed by atoms with Gasteiger partial charge in [0.2, 0.25) is 11.8 Å². The van der Waals surface area contributed by atoms with E-state index in [2.05, 4.69) is 20.4 Å². The summed E-state index contributed by atoms with van der Waals surface area (Å²) in [5.41, 5.74) is 3.29. The van der Waals surface area contributed by atoms with Crippen LogP contribution < -0.4 is 26.2 Å². The van der Waals surface area contributed by atoms with Crippen LogP contribution in [0, 0.1) is 0 Å². The molecule has 50 heavy (non-hydrogen) atoms. The van der Waals surface area contributed by atoms with Crippen LogP contribution in [0.1, 0.15) is 39.1 Å². The summed E-state index contributed by atoms with van der Waals surface area (Å²) < 4.78 is 13.1. The Hall–Kier alpha value is -6.22. The molecule has 15 nitrogen and oxygen atoms in total. The van der Waals surface area contributed by atoms with Crippen LogP contribution in [0.25, 0.3) is 21.9 Å². The summed E-state index contributed by atoms with van der Waals surface area (Å²) in [5, 5.41) is 7.32. The molecule has 4 amide bonds. The van der Waals surface area contributed by atoms with Gasteiger partial charge in [0.1, 0.15) is 17.5 Å². The largest absolute Gasteiger partial charge is 0.496 e. The Bertz CT molecular complexity index is 2170. The Balaban J connectivity index is 1.19. The Morgan fingerprint density at radius 3 is 2.42 bits per heavy atom. The van der Waals surface area contributed by atoms with E-state index in [9.17, 15) is 24.0 Å². The third-order valence-electron chi connectivity index (χ3n) is 8.72. The van der Waals surface area contributed by atoms with Crippen molar-refractivity contribution in [2.24, 2.45) is 23.0 Å². The molecular formula is C35H34N8O7. The van der Waals surface area contributed by atoms with E-state index in [0.717, 1.165) is 27.0 Å². The van der Waals surface area contributed by atoms with Crippen molar-refractivity contribution in [1.29, 1.82) is 0 Å². The number of hydrogen-bond donors (Lipinski definition) is 2. The van der Waals surface area contributed by atoms with E-state index in [1.54, 1.807) is 52.0 Å². The second kappa shape index (κ2) is 13.7. The maximum Gasteiger partial charge on any atom is 0.262 e. The van der Waals surface area contributed by atoms with Gasteiger partial charge in [-0.1, -0.05) is 0 Å². The van der Waals surface area contributed by atoms with Gasteiger partial charge in [-0.3, -0.25) is 49.1 Å². The van der Waals surface area contributed by atoms with E-state index in [0.29, 0.717) is 34.8 Å². The summed E-state index contributed by atoms with van der Waals surface area (Å²) in [6.45, 7) is 0.654. The zero-order chi connectivity index (χ0) is 35.7. The van der Waals surface area contributed by atoms with Gasteiger partial charge in [-0.05, 0) is 60.8 Å². The predicted octanol–water partition coefficient (Wildman–Crippen LogP) is 2.17. The number of hydrazone groups is 1. The molecule has 15 heteroatoms. The Kier molecular flexibility index (Phi) is 9.24. The number of carbonyl (C=O) groups excluding carboxylic acids is 4. The second-order valence-corrected chi connectivity index (χ2v) is 12.0. The van der Waals surface area contributed by atoms with Crippen molar-refractivity contribution in [2.75, 3.05) is 27.8 Å². The molecule has 0 bridgehead atoms. The predicted molar refractivity (Wildman–Crippen MR) is 185 cm³/mol. The van der Waals surface area contributed by atoms with Crippen LogP contribution in [0.15, 0.2) is 69.9 Å². The summed E-state index contributed by atoms with van der Waals surface area (Å²) in [6, 6.07) is 9.07. The lowest BCUT2D eigenvalue weighted by molar-refractivity contribution is -0.136. The average molecular weight is 679 g/mol. The van der Waals surface area contributed by atoms with Crippen molar-refractivity contribution >= 4 is 52.0 Å². The number of rotatable bonds is 10.